The summed E-state index contributed by atoms with van der Waals surface area (Å²) in [7, 11) is -4.83. The third-order valence-corrected chi connectivity index (χ3v) is 30.7. The van der Waals surface area contributed by atoms with Crippen LogP contribution in [0.4, 0.5) is 0 Å². The van der Waals surface area contributed by atoms with Crippen LogP contribution in [-0.2, 0) is 124 Å². The van der Waals surface area contributed by atoms with Gasteiger partial charge < -0.3 is 237 Å². The first-order valence-corrected chi connectivity index (χ1v) is 50.6. The van der Waals surface area contributed by atoms with E-state index < -0.39 is 406 Å². The Morgan fingerprint density at radius 1 is 0.196 bits per heavy atom. The van der Waals surface area contributed by atoms with Gasteiger partial charge in [-0.1, -0.05) is 0 Å². The van der Waals surface area contributed by atoms with E-state index in [-0.39, 0.29) is 277 Å². The van der Waals surface area contributed by atoms with Crippen LogP contribution in [0.15, 0.2) is 0 Å². The molecule has 138 heavy (non-hydrogen) atoms. The van der Waals surface area contributed by atoms with Crippen molar-refractivity contribution in [1.29, 1.82) is 0 Å². The minimum absolute atomic E-state index is 0. The molecule has 30 saturated heterocycles. The van der Waals surface area contributed by atoms with E-state index in [0.29, 0.717) is 0 Å². The maximum Gasteiger partial charge on any atom is 1.00 e. The zero-order chi connectivity index (χ0) is 95.4. The van der Waals surface area contributed by atoms with Crippen molar-refractivity contribution in [2.75, 3.05) is 92.0 Å². The minimum Gasteiger partial charge on any atom is -0.550 e. The molecule has 50 nitrogen and oxygen atoms in total. The van der Waals surface area contributed by atoms with Crippen molar-refractivity contribution in [1.82, 2.24) is 0 Å². The van der Waals surface area contributed by atoms with Gasteiger partial charge in [0.1, 0.15) is 153 Å². The Hall–Kier alpha value is 4.88. The monoisotopic (exact) mass is 2210 g/mol. The number of ether oxygens (including phenoxy) is 16. The molecule has 30 aliphatic heterocycles. The van der Waals surface area contributed by atoms with E-state index in [2.05, 4.69) is 0 Å². The van der Waals surface area contributed by atoms with Gasteiger partial charge in [0, 0.05) is 94.4 Å². The van der Waals surface area contributed by atoms with E-state index in [9.17, 15) is 169 Å². The van der Waals surface area contributed by atoms with Gasteiger partial charge in [-0.3, -0.25) is 0 Å². The van der Waals surface area contributed by atoms with Crippen LogP contribution in [-0.4, -0.2) is 476 Å². The number of carboxylic acids is 8. The quantitative estimate of drug-likeness (QED) is 0.0200. The number of aliphatic hydroxyl groups is 16. The van der Waals surface area contributed by atoms with Crippen molar-refractivity contribution in [2.24, 2.45) is 0 Å². The molecular formula is C72H104Na8O50S8. The van der Waals surface area contributed by atoms with E-state index in [1.165, 1.54) is 0 Å². The summed E-state index contributed by atoms with van der Waals surface area (Å²) in [5.74, 6) is -20.7. The second-order valence-corrected chi connectivity index (χ2v) is 41.4. The second-order valence-electron chi connectivity index (χ2n) is 31.1. The summed E-state index contributed by atoms with van der Waals surface area (Å²) < 4.78 is 127. The Morgan fingerprint density at radius 3 is 0.449 bits per heavy atom. The van der Waals surface area contributed by atoms with Crippen molar-refractivity contribution < 1.29 is 482 Å². The van der Waals surface area contributed by atoms with Crippen molar-refractivity contribution in [2.45, 2.75) is 297 Å². The molecule has 8 unspecified atom stereocenters. The van der Waals surface area contributed by atoms with Crippen LogP contribution in [0.25, 0.3) is 0 Å². The van der Waals surface area contributed by atoms with E-state index in [1.807, 2.05) is 0 Å². The molecule has 0 spiro atoms. The van der Waals surface area contributed by atoms with Gasteiger partial charge in [-0.25, -0.2) is 8.42 Å². The molecule has 0 aliphatic carbocycles. The fourth-order valence-corrected chi connectivity index (χ4v) is 23.1. The number of hydrogen-bond donors (Lipinski definition) is 16. The van der Waals surface area contributed by atoms with Crippen LogP contribution >= 0.6 is 82.3 Å². The van der Waals surface area contributed by atoms with Gasteiger partial charge in [0.2, 0.25) is 0 Å². The molecule has 30 heterocycles. The molecule has 0 aromatic heterocycles. The number of hydrogen-bond acceptors (Lipinski definition) is 57. The number of aliphatic carboxylic acids is 8. The number of carbonyl (C=O) groups is 8. The number of rotatable bonds is 40. The van der Waals surface area contributed by atoms with Crippen LogP contribution in [0.3, 0.4) is 0 Å². The molecule has 748 valence electrons. The summed E-state index contributed by atoms with van der Waals surface area (Å²) in [6, 6.07) is 0. The summed E-state index contributed by atoms with van der Waals surface area (Å²) in [6.45, 7) is 0. The van der Waals surface area contributed by atoms with E-state index in [4.69, 9.17) is 75.8 Å². The van der Waals surface area contributed by atoms with Crippen molar-refractivity contribution in [3.05, 3.63) is 0 Å². The van der Waals surface area contributed by atoms with Crippen molar-refractivity contribution in [3.8, 4) is 0 Å². The Bertz CT molecular complexity index is 3640. The van der Waals surface area contributed by atoms with E-state index in [1.54, 1.807) is 0 Å². The topological polar surface area (TPSA) is 827 Å². The van der Waals surface area contributed by atoms with Gasteiger partial charge >= 0.3 is 236 Å². The average molecular weight is 2210 g/mol. The molecule has 16 N–H and O–H groups in total. The number of carboxylic acid groups (broad SMARTS) is 8. The molecule has 0 saturated carbocycles. The molecule has 40 atom stereocenters. The third-order valence-electron chi connectivity index (χ3n) is 21.6. The summed E-state index contributed by atoms with van der Waals surface area (Å²) in [5, 5.41) is 288. The van der Waals surface area contributed by atoms with Crippen LogP contribution in [0, 0.1) is 0 Å². The van der Waals surface area contributed by atoms with Gasteiger partial charge in [0.15, 0.2) is 60.2 Å². The fourth-order valence-electron chi connectivity index (χ4n) is 14.9. The molecule has 0 radical (unpaired) electrons. The Kier molecular flexibility index (Phi) is 70.5. The Balaban J connectivity index is 0.0000119. The van der Waals surface area contributed by atoms with Gasteiger partial charge in [-0.15, -0.1) is 0 Å². The first kappa shape index (κ1) is 141. The van der Waals surface area contributed by atoms with Gasteiger partial charge in [-0.2, -0.15) is 82.3 Å². The molecule has 30 rings (SSSR count). The largest absolute Gasteiger partial charge is 1.00 e. The molecule has 66 heteroatoms. The van der Waals surface area contributed by atoms with E-state index >= 15 is 0 Å². The predicted octanol–water partition coefficient (Wildman–Crippen LogP) is -43.6. The summed E-state index contributed by atoms with van der Waals surface area (Å²) in [4.78, 5) is 93.4. The molecule has 0 aromatic carbocycles. The maximum atomic E-state index is 13.9. The van der Waals surface area contributed by atoms with Crippen LogP contribution in [0.5, 0.6) is 0 Å². The summed E-state index contributed by atoms with van der Waals surface area (Å²) >= 11 is 5.45. The zero-order valence-electron chi connectivity index (χ0n) is 76.4. The summed E-state index contributed by atoms with van der Waals surface area (Å²) in [5.41, 5.74) is 0. The summed E-state index contributed by atoms with van der Waals surface area (Å²) in [6.07, 6.45) is -93.4. The number of thioether (sulfide) groups is 7. The molecule has 30 fully saturated rings. The Morgan fingerprint density at radius 2 is 0.319 bits per heavy atom. The SMILES string of the molecule is O=C([O-])CCSC[C@@H]1OC2O[C@@H]3[C@@H](O)[C@H](O)C(O[C@@H]4[C@@H](O)[C@H](O)C(O[C@@H]5[C@@H](O)[C@H](O)C(O[C@@H]6[C@@H](O)[C@H](O)C(O[C@@H]7[C@@H](O)[C@H](O)C(O[C@@H]8[C@@H](O)[C@H](O)C(O[C@@H]9[C@@H](O)[C@H](O)C(O[C@@H]1[C@@H](O)[C@@H]2O)O[C@H]9CSCCC(=O)[O-])O[C@H]8CSCCC(=O)[O-])O[C@H]7CSCCC(=O)[O-])O[C@H]6CS(=O)(=O)CCC(=O)[O-])O[C@H]5CSCCC(=O)[O-])O[C@H]4CSCCC(=O)[O-])O[C@H]3CSCCC(=O)[O-].[Na+].[Na+].[Na+].[Na+].[Na+].[Na+].[Na+].[Na+]. The predicted molar refractivity (Wildman–Crippen MR) is 421 cm³/mol. The normalized spacial score (nSPS) is 38.8. The van der Waals surface area contributed by atoms with Crippen LogP contribution in [0.2, 0.25) is 0 Å². The molecule has 30 aliphatic rings. The number of sulfone groups is 1. The fraction of sp³-hybridized carbons (Fsp3) is 0.889. The van der Waals surface area contributed by atoms with Gasteiger partial charge in [-0.05, 0) is 85.2 Å². The average Bonchev–Trinajstić information content (AvgIpc) is 0.766. The standard InChI is InChI=1S/C72H112O50S8.8Na/c73-33(74)1-9-123-17-25-57-41(89)49(97)65(107-25)116-58-26(18-124-10-2-34(75)76)109-67(51(99)43(58)91)118-60-28(20-126-12-4-36(79)80)111-69(53(101)45(60)93)120-62-30(22-128-14-6-38(83)84)113-71(55(103)47(62)95)122-64-32(24-130(105,106)16-8-40(87)88)114-72(56(104)48(64)96)121-63-31(23-129-15-7-39(85)86)112-70(54(102)46(63)94)119-61-29(21-127-13-5-37(81)82)110-68(52(100)44(61)92)117-59-27(19-125-11-3-35(77)78)108-66(115-57)50(98)42(59)90;;;;;;;;/h25-32,41-72,89-104H,1-24H2,(H,73,74)(H,75,76)(H,77,78)(H,79,80)(H,81,82)(H,83,84)(H,85,86)(H,87,88);;;;;;;;/q;8*+1/p-8/t25-,26-,27-,28-,29-,30-,31-,32-,41-,42-,43-,44-,45-,46-,47-,48-,49-,50-,51-,52-,53-,54-,55-,56-,57-,58-,59-,60-,61-,62-,63-,64-,65?,66?,67?,68?,69?,70?,71?,72?;;;;;;;;/m0......../s1. The van der Waals surface area contributed by atoms with Crippen molar-refractivity contribution >= 4 is 140 Å². The Labute approximate surface area is 997 Å². The number of carbonyl (C=O) groups excluding carboxylic acids is 8. The molecule has 0 aromatic rings. The van der Waals surface area contributed by atoms with Gasteiger partial charge in [0.25, 0.3) is 0 Å². The third kappa shape index (κ3) is 41.8. The molecule has 0 amide bonds. The molecule has 16 bridgehead atoms. The zero-order valence-corrected chi connectivity index (χ0v) is 98.9. The molecular weight excluding hydrogens is 2110 g/mol. The second kappa shape index (κ2) is 69.1. The smallest absolute Gasteiger partial charge is 0.550 e. The van der Waals surface area contributed by atoms with Crippen LogP contribution < -0.4 is 277 Å². The van der Waals surface area contributed by atoms with Crippen LogP contribution in [0.1, 0.15) is 51.4 Å². The maximum absolute atomic E-state index is 13.9. The first-order chi connectivity index (χ1) is 61.4. The number of aliphatic hydroxyl groups excluding tert-OH is 16. The minimum atomic E-state index is -4.83. The first-order valence-electron chi connectivity index (χ1n) is 40.7. The van der Waals surface area contributed by atoms with Crippen molar-refractivity contribution in [3.63, 3.8) is 0 Å². The van der Waals surface area contributed by atoms with E-state index in [0.717, 1.165) is 82.3 Å². The van der Waals surface area contributed by atoms with Gasteiger partial charge in [0.05, 0.1) is 54.2 Å².